The standard InChI is InChI=1S/C25H32N4O2/c1-16-12-17(10-11-31-16)14-26-23-9-4-18-2-3-19-15-27-24(13-22(19)25(18)29-23)28-20-5-7-21(30)8-6-20/h4,9,13,15,17,20-21,30H,1-3,5-8,10-12,14H2,(H,26,29)(H,27,28). The minimum absolute atomic E-state index is 0.143. The number of ether oxygens (including phenoxy) is 1. The Morgan fingerprint density at radius 2 is 1.90 bits per heavy atom. The molecule has 1 saturated carbocycles. The maximum atomic E-state index is 9.76. The van der Waals surface area contributed by atoms with E-state index in [9.17, 15) is 5.11 Å². The van der Waals surface area contributed by atoms with E-state index >= 15 is 0 Å². The number of nitrogens with one attached hydrogen (secondary N) is 2. The summed E-state index contributed by atoms with van der Waals surface area (Å²) in [6.45, 7) is 5.62. The number of aliphatic hydroxyl groups is 1. The lowest BCUT2D eigenvalue weighted by molar-refractivity contribution is 0.126. The molecule has 164 valence electrons. The number of hydrogen-bond donors (Lipinski definition) is 3. The van der Waals surface area contributed by atoms with Crippen molar-refractivity contribution in [2.45, 2.75) is 63.5 Å². The Hall–Kier alpha value is -2.60. The lowest BCUT2D eigenvalue weighted by Crippen LogP contribution is -2.28. The number of allylic oxidation sites excluding steroid dienone is 1. The lowest BCUT2D eigenvalue weighted by atomic mass is 9.90. The highest BCUT2D eigenvalue weighted by Crippen LogP contribution is 2.34. The van der Waals surface area contributed by atoms with Gasteiger partial charge in [-0.2, -0.15) is 0 Å². The summed E-state index contributed by atoms with van der Waals surface area (Å²) in [7, 11) is 0. The number of fused-ring (bicyclic) bond motifs is 3. The Labute approximate surface area is 184 Å². The molecule has 2 aliphatic carbocycles. The van der Waals surface area contributed by atoms with E-state index in [1.807, 2.05) is 6.20 Å². The summed E-state index contributed by atoms with van der Waals surface area (Å²) < 4.78 is 5.48. The first kappa shape index (κ1) is 20.3. The van der Waals surface area contributed by atoms with Gasteiger partial charge in [0.2, 0.25) is 0 Å². The van der Waals surface area contributed by atoms with E-state index in [0.29, 0.717) is 12.0 Å². The van der Waals surface area contributed by atoms with Crippen molar-refractivity contribution in [3.8, 4) is 11.3 Å². The molecule has 0 bridgehead atoms. The molecule has 3 heterocycles. The summed E-state index contributed by atoms with van der Waals surface area (Å²) in [6, 6.07) is 6.86. The predicted octanol–water partition coefficient (Wildman–Crippen LogP) is 4.31. The van der Waals surface area contributed by atoms with E-state index in [2.05, 4.69) is 40.4 Å². The Morgan fingerprint density at radius 3 is 2.74 bits per heavy atom. The van der Waals surface area contributed by atoms with Crippen molar-refractivity contribution in [1.29, 1.82) is 0 Å². The van der Waals surface area contributed by atoms with Crippen molar-refractivity contribution in [3.05, 3.63) is 47.9 Å². The van der Waals surface area contributed by atoms with E-state index in [1.165, 1.54) is 16.7 Å². The first-order chi connectivity index (χ1) is 15.1. The first-order valence-corrected chi connectivity index (χ1v) is 11.6. The van der Waals surface area contributed by atoms with Gasteiger partial charge in [0.15, 0.2) is 0 Å². The molecule has 2 aromatic heterocycles. The highest BCUT2D eigenvalue weighted by molar-refractivity contribution is 5.73. The Balaban J connectivity index is 1.32. The second-order valence-electron chi connectivity index (χ2n) is 9.21. The molecular formula is C25H32N4O2. The van der Waals surface area contributed by atoms with E-state index in [4.69, 9.17) is 9.72 Å². The van der Waals surface area contributed by atoms with Gasteiger partial charge in [0, 0.05) is 30.8 Å². The number of rotatable bonds is 5. The zero-order valence-electron chi connectivity index (χ0n) is 18.1. The molecular weight excluding hydrogens is 388 g/mol. The molecule has 1 saturated heterocycles. The first-order valence-electron chi connectivity index (χ1n) is 11.6. The van der Waals surface area contributed by atoms with E-state index < -0.39 is 0 Å². The summed E-state index contributed by atoms with van der Waals surface area (Å²) in [5.41, 5.74) is 4.84. The largest absolute Gasteiger partial charge is 0.499 e. The van der Waals surface area contributed by atoms with Crippen LogP contribution >= 0.6 is 0 Å². The molecule has 31 heavy (non-hydrogen) atoms. The maximum Gasteiger partial charge on any atom is 0.126 e. The fourth-order valence-corrected chi connectivity index (χ4v) is 4.98. The molecule has 6 heteroatoms. The van der Waals surface area contributed by atoms with Gasteiger partial charge in [-0.3, -0.25) is 0 Å². The van der Waals surface area contributed by atoms with Crippen LogP contribution in [0.4, 0.5) is 11.6 Å². The molecule has 0 amide bonds. The van der Waals surface area contributed by atoms with Crippen molar-refractivity contribution in [3.63, 3.8) is 0 Å². The third kappa shape index (κ3) is 4.69. The minimum Gasteiger partial charge on any atom is -0.499 e. The van der Waals surface area contributed by atoms with Crippen LogP contribution in [0.15, 0.2) is 36.7 Å². The van der Waals surface area contributed by atoms with Gasteiger partial charge in [-0.05, 0) is 74.1 Å². The molecule has 0 spiro atoms. The van der Waals surface area contributed by atoms with Crippen LogP contribution in [-0.2, 0) is 17.6 Å². The number of aromatic nitrogens is 2. The second kappa shape index (κ2) is 8.87. The van der Waals surface area contributed by atoms with Crippen LogP contribution < -0.4 is 10.6 Å². The minimum atomic E-state index is -0.143. The number of aliphatic hydroxyl groups excluding tert-OH is 1. The third-order valence-electron chi connectivity index (χ3n) is 6.85. The number of hydrogen-bond acceptors (Lipinski definition) is 6. The van der Waals surface area contributed by atoms with Crippen LogP contribution in [-0.4, -0.2) is 40.4 Å². The van der Waals surface area contributed by atoms with Crippen molar-refractivity contribution in [1.82, 2.24) is 9.97 Å². The van der Waals surface area contributed by atoms with E-state index in [-0.39, 0.29) is 6.10 Å². The van der Waals surface area contributed by atoms with Crippen LogP contribution in [0.3, 0.4) is 0 Å². The number of pyridine rings is 2. The summed E-state index contributed by atoms with van der Waals surface area (Å²) in [6.07, 6.45) is 9.55. The SMILES string of the molecule is C=C1CC(CNc2ccc3c(n2)-c2cc(NC4CCC(O)CC4)ncc2CC3)CCO1. The van der Waals surface area contributed by atoms with Gasteiger partial charge in [0.05, 0.1) is 24.2 Å². The molecule has 5 rings (SSSR count). The van der Waals surface area contributed by atoms with Gasteiger partial charge >= 0.3 is 0 Å². The Bertz CT molecular complexity index is 953. The number of nitrogens with zero attached hydrogens (tertiary/aromatic N) is 2. The van der Waals surface area contributed by atoms with Crippen LogP contribution in [0.5, 0.6) is 0 Å². The highest BCUT2D eigenvalue weighted by Gasteiger charge is 2.23. The lowest BCUT2D eigenvalue weighted by Gasteiger charge is -2.27. The average molecular weight is 421 g/mol. The maximum absolute atomic E-state index is 9.76. The van der Waals surface area contributed by atoms with Gasteiger partial charge < -0.3 is 20.5 Å². The normalized spacial score (nSPS) is 25.2. The average Bonchev–Trinajstić information content (AvgIpc) is 2.79. The van der Waals surface area contributed by atoms with Crippen molar-refractivity contribution >= 4 is 11.6 Å². The smallest absolute Gasteiger partial charge is 0.126 e. The molecule has 0 radical (unpaired) electrons. The van der Waals surface area contributed by atoms with Crippen LogP contribution in [0, 0.1) is 5.92 Å². The van der Waals surface area contributed by atoms with E-state index in [1.54, 1.807) is 0 Å². The number of anilines is 2. The van der Waals surface area contributed by atoms with Crippen molar-refractivity contribution in [2.24, 2.45) is 5.92 Å². The van der Waals surface area contributed by atoms with Crippen molar-refractivity contribution < 1.29 is 9.84 Å². The van der Waals surface area contributed by atoms with Crippen molar-refractivity contribution in [2.75, 3.05) is 23.8 Å². The van der Waals surface area contributed by atoms with Crippen LogP contribution in [0.2, 0.25) is 0 Å². The molecule has 6 nitrogen and oxygen atoms in total. The molecule has 1 unspecified atom stereocenters. The topological polar surface area (TPSA) is 79.3 Å². The monoisotopic (exact) mass is 420 g/mol. The van der Waals surface area contributed by atoms with E-state index in [0.717, 1.165) is 87.6 Å². The zero-order chi connectivity index (χ0) is 21.2. The predicted molar refractivity (Wildman–Crippen MR) is 123 cm³/mol. The molecule has 0 aromatic carbocycles. The molecule has 2 fully saturated rings. The molecule has 2 aromatic rings. The Morgan fingerprint density at radius 1 is 1.06 bits per heavy atom. The molecule has 1 aliphatic heterocycles. The summed E-state index contributed by atoms with van der Waals surface area (Å²) >= 11 is 0. The third-order valence-corrected chi connectivity index (χ3v) is 6.85. The Kier molecular flexibility index (Phi) is 5.81. The van der Waals surface area contributed by atoms with Gasteiger partial charge in [0.25, 0.3) is 0 Å². The highest BCUT2D eigenvalue weighted by atomic mass is 16.5. The second-order valence-corrected chi connectivity index (χ2v) is 9.21. The van der Waals surface area contributed by atoms with Gasteiger partial charge in [-0.15, -0.1) is 0 Å². The zero-order valence-corrected chi connectivity index (χ0v) is 18.1. The fourth-order valence-electron chi connectivity index (χ4n) is 4.98. The van der Waals surface area contributed by atoms with Crippen LogP contribution in [0.1, 0.15) is 49.7 Å². The summed E-state index contributed by atoms with van der Waals surface area (Å²) in [5.74, 6) is 3.27. The fraction of sp³-hybridized carbons (Fsp3) is 0.520. The summed E-state index contributed by atoms with van der Waals surface area (Å²) in [4.78, 5) is 9.67. The summed E-state index contributed by atoms with van der Waals surface area (Å²) in [5, 5.41) is 16.9. The molecule has 3 aliphatic rings. The van der Waals surface area contributed by atoms with Crippen LogP contribution in [0.25, 0.3) is 11.3 Å². The van der Waals surface area contributed by atoms with Gasteiger partial charge in [-0.25, -0.2) is 9.97 Å². The molecule has 3 N–H and O–H groups in total. The quantitative estimate of drug-likeness (QED) is 0.669. The van der Waals surface area contributed by atoms with Gasteiger partial charge in [-0.1, -0.05) is 12.6 Å². The molecule has 1 atom stereocenters. The number of aryl methyl sites for hydroxylation is 2. The van der Waals surface area contributed by atoms with Gasteiger partial charge in [0.1, 0.15) is 11.6 Å².